The van der Waals surface area contributed by atoms with Crippen molar-refractivity contribution in [2.24, 2.45) is 0 Å². The van der Waals surface area contributed by atoms with Gasteiger partial charge in [-0.15, -0.1) is 0 Å². The van der Waals surface area contributed by atoms with E-state index < -0.39 is 170 Å². The maximum Gasteiger partial charge on any atom is 0.333 e. The number of amides is 2. The third kappa shape index (κ3) is 18.3. The minimum atomic E-state index is -4.00. The number of nitriles is 2. The molecule has 0 spiro atoms. The zero-order valence-corrected chi connectivity index (χ0v) is 65.5. The monoisotopic (exact) mass is 1740 g/mol. The summed E-state index contributed by atoms with van der Waals surface area (Å²) in [5.41, 5.74) is 4.22. The van der Waals surface area contributed by atoms with Gasteiger partial charge in [0.15, 0.2) is 120 Å². The highest BCUT2D eigenvalue weighted by Crippen LogP contribution is 2.64. The second-order valence-electron chi connectivity index (χ2n) is 25.8. The van der Waals surface area contributed by atoms with Crippen LogP contribution in [0.15, 0.2) is 111 Å². The summed E-state index contributed by atoms with van der Waals surface area (Å²) in [6.07, 6.45) is -12.9. The standard InChI is InChI=1S/C34H36BF2N11O9P2S.C34H36BF2N11O9P2/c1-19-25-30(42-15-40-19)47(17-44-25)33-24(37)27-22(55-33)14-52-58(35,50-12-10-39-2)56-28-23(36)21(13-53-59(60,57-27)51-11-6-9-38)54-34(28)48-18-45-26-29(41-16-43-31(26)48)46-32(49)20-7-4-3-5-8-20;1-19-25-30(42-15-40-19)47(17-44-25)33-24(37)27-22(55-33)14-53-59(35,52-12-10-39-2)57-28-23(36)21(13-51-58(56-27)50-11-6-9-38)54-34(28)48-18-45-26-29(41-16-43-31(26)48)46-32(49)20-7-4-3-5-8-20/h3-5,7-8,15-18,21-24,27-28,33-34H,6,10-14H2,1,35H3,(H,41,43,46,49);3-5,7-8,15-18,21-24,27-28,33-34H,6,10-14H2,1,35H3,(H,41,43,46,49)/t2*21-,22-,23?,24-,27-,28-,33-,34-,58?,59?/m11/s1. The summed E-state index contributed by atoms with van der Waals surface area (Å²) in [4.78, 5) is 84.6. The number of aryl methyl sites for hydroxylation is 2. The Hall–Kier alpha value is -9.31. The first-order chi connectivity index (χ1) is 57.7. The molecule has 16 rings (SSSR count). The molecule has 6 saturated heterocycles. The number of anilines is 2. The van der Waals surface area contributed by atoms with Crippen molar-refractivity contribution in [2.75, 3.05) is 76.6 Å². The third-order valence-electron chi connectivity index (χ3n) is 18.5. The Morgan fingerprint density at radius 2 is 0.975 bits per heavy atom. The molecule has 10 aromatic rings. The van der Waals surface area contributed by atoms with Crippen molar-refractivity contribution < 1.29 is 100 Å². The molecule has 2 aromatic carbocycles. The molecule has 0 radical (unpaired) electrons. The molecule has 0 saturated carbocycles. The number of benzene rings is 2. The molecule has 6 unspecified atom stereocenters. The molecule has 8 aromatic heterocycles. The number of hydrogen-bond acceptors (Lipinski definition) is 33. The fourth-order valence-corrected chi connectivity index (χ4v) is 18.4. The van der Waals surface area contributed by atoms with Crippen LogP contribution in [0.5, 0.6) is 0 Å². The number of halogens is 4. The lowest BCUT2D eigenvalue weighted by atomic mass is 10.1. The quantitative estimate of drug-likeness (QED) is 0.0248. The van der Waals surface area contributed by atoms with Gasteiger partial charge in [-0.25, -0.2) is 118 Å². The summed E-state index contributed by atoms with van der Waals surface area (Å²) in [5.74, 6) is -0.665. The molecule has 2 amide bonds. The molecule has 622 valence electrons. The molecule has 2 N–H and O–H groups in total. The van der Waals surface area contributed by atoms with Gasteiger partial charge in [-0.05, 0) is 49.9 Å². The van der Waals surface area contributed by atoms with Gasteiger partial charge in [0.05, 0.1) is 88.1 Å². The van der Waals surface area contributed by atoms with Crippen molar-refractivity contribution >= 4 is 126 Å². The smallest absolute Gasteiger partial charge is 0.333 e. The van der Waals surface area contributed by atoms with E-state index in [4.69, 9.17) is 98.2 Å². The van der Waals surface area contributed by atoms with Crippen molar-refractivity contribution in [3.8, 4) is 12.1 Å². The molecule has 6 aliphatic heterocycles. The van der Waals surface area contributed by atoms with E-state index in [9.17, 15) is 20.1 Å². The van der Waals surface area contributed by atoms with Crippen LogP contribution in [-0.4, -0.2) is 244 Å². The van der Waals surface area contributed by atoms with Crippen LogP contribution in [0.3, 0.4) is 0 Å². The number of hydrogen-bond donors (Lipinski definition) is 2. The summed E-state index contributed by atoms with van der Waals surface area (Å²) in [5, 5.41) is 24.0. The molecule has 0 aliphatic carbocycles. The molecule has 20 atom stereocenters. The number of alkyl halides is 4. The Labute approximate surface area is 682 Å². The number of nitrogens with zero attached hydrogens (tertiary/aromatic N) is 20. The number of ether oxygens (including phenoxy) is 4. The van der Waals surface area contributed by atoms with Gasteiger partial charge in [-0.1, -0.05) is 36.4 Å². The van der Waals surface area contributed by atoms with Gasteiger partial charge in [0, 0.05) is 11.1 Å². The Bertz CT molecular complexity index is 5550. The van der Waals surface area contributed by atoms with E-state index >= 15 is 17.6 Å². The van der Waals surface area contributed by atoms with E-state index in [0.717, 1.165) is 0 Å². The topological polar surface area (TPSA) is 437 Å². The van der Waals surface area contributed by atoms with Gasteiger partial charge < -0.3 is 61.9 Å². The highest BCUT2D eigenvalue weighted by atomic mass is 32.5. The lowest BCUT2D eigenvalue weighted by Gasteiger charge is -2.31. The number of aromatic nitrogens is 16. The van der Waals surface area contributed by atoms with Crippen molar-refractivity contribution in [2.45, 2.75) is 125 Å². The third-order valence-corrected chi connectivity index (χ3v) is 24.3. The van der Waals surface area contributed by atoms with E-state index in [1.807, 2.05) is 12.1 Å². The first-order valence-electron chi connectivity index (χ1n) is 35.7. The lowest BCUT2D eigenvalue weighted by molar-refractivity contribution is -0.0631. The fourth-order valence-electron chi connectivity index (χ4n) is 12.9. The molecule has 6 fully saturated rings. The van der Waals surface area contributed by atoms with E-state index in [0.29, 0.717) is 44.8 Å². The second-order valence-corrected chi connectivity index (χ2v) is 32.3. The van der Waals surface area contributed by atoms with Crippen LogP contribution in [0.2, 0.25) is 0 Å². The Morgan fingerprint density at radius 1 is 0.555 bits per heavy atom. The molecule has 40 nitrogen and oxygen atoms in total. The van der Waals surface area contributed by atoms with Gasteiger partial charge in [0.1, 0.15) is 86.2 Å². The Morgan fingerprint density at radius 3 is 1.45 bits per heavy atom. The maximum absolute atomic E-state index is 16.9. The molecule has 51 heteroatoms. The molecule has 119 heavy (non-hydrogen) atoms. The highest BCUT2D eigenvalue weighted by molar-refractivity contribution is 8.07. The van der Waals surface area contributed by atoms with Crippen LogP contribution < -0.4 is 10.6 Å². The van der Waals surface area contributed by atoms with E-state index in [1.165, 1.54) is 68.9 Å². The predicted octanol–water partition coefficient (Wildman–Crippen LogP) is 7.30. The number of rotatable bonds is 20. The molecule has 4 bridgehead atoms. The first-order valence-corrected chi connectivity index (χ1v) is 41.6. The highest BCUT2D eigenvalue weighted by Gasteiger charge is 2.59. The van der Waals surface area contributed by atoms with Crippen LogP contribution in [-0.2, 0) is 85.0 Å². The molecule has 6 aliphatic rings. The zero-order valence-electron chi connectivity index (χ0n) is 61.1. The summed E-state index contributed by atoms with van der Waals surface area (Å²) in [6, 6.07) is 21.0. The summed E-state index contributed by atoms with van der Waals surface area (Å²) in [6.45, 7) is 11.8. The average Bonchev–Trinajstić information content (AvgIpc) is 1.62. The molecular formula is C68H72B2F4N22O18P4S. The largest absolute Gasteiger partial charge is 0.346 e. The number of carbonyl (C=O) groups is 2. The minimum absolute atomic E-state index is 0.0269. The van der Waals surface area contributed by atoms with Crippen LogP contribution in [0.25, 0.3) is 54.3 Å². The second kappa shape index (κ2) is 37.4. The molecular weight excluding hydrogens is 1670 g/mol. The van der Waals surface area contributed by atoms with Gasteiger partial charge in [-0.3, -0.25) is 32.4 Å². The number of fused-ring (bicyclic) bond motifs is 10. The van der Waals surface area contributed by atoms with Crippen LogP contribution in [0, 0.1) is 49.7 Å². The number of imidazole rings is 4. The Kier molecular flexibility index (Phi) is 26.6. The van der Waals surface area contributed by atoms with Gasteiger partial charge in [0.2, 0.25) is 43.9 Å². The van der Waals surface area contributed by atoms with Crippen LogP contribution >= 0.6 is 31.0 Å². The minimum Gasteiger partial charge on any atom is -0.346 e. The lowest BCUT2D eigenvalue weighted by Crippen LogP contribution is -2.35. The Balaban J connectivity index is 0.000000186. The van der Waals surface area contributed by atoms with Gasteiger partial charge >= 0.3 is 15.3 Å². The number of carbonyl (C=O) groups excluding carboxylic acids is 2. The van der Waals surface area contributed by atoms with E-state index in [1.54, 1.807) is 74.5 Å². The average molecular weight is 1740 g/mol. The van der Waals surface area contributed by atoms with Crippen molar-refractivity contribution in [1.29, 1.82) is 10.5 Å². The predicted molar refractivity (Wildman–Crippen MR) is 420 cm³/mol. The summed E-state index contributed by atoms with van der Waals surface area (Å²) in [7, 11) is -11.5. The first kappa shape index (κ1) is 84.7. The SMILES string of the molecule is [BH3-][P+]1(OCC[N+]#[C-])OC[C@H]2O[C@@H](n3cnc4c(C)ncnc43)[C@H](F)[C@@H]2OP(=S)(OCCC#N)OC[C@H]2O[C@@H](n3cnc4c(NC(=O)c5ccccc5)ncnc43)[C@H](O1)C2F.[BH3-][P+]1(OCC[N+]#[C-])OC[C@H]2O[C@@H](n3cnc4c(C)ncnc43)[C@H](F)[C@@H]2OP(OCCC#N)OC[C@H]2O[C@@H](n3cnc4c(NC(=O)c5ccccc5)ncnc43)[C@H](O1)C2F. The van der Waals surface area contributed by atoms with E-state index in [-0.39, 0.29) is 99.5 Å². The summed E-state index contributed by atoms with van der Waals surface area (Å²) >= 11 is 5.79. The van der Waals surface area contributed by atoms with Crippen molar-refractivity contribution in [3.63, 3.8) is 0 Å². The van der Waals surface area contributed by atoms with Crippen molar-refractivity contribution in [3.05, 3.63) is 157 Å². The van der Waals surface area contributed by atoms with Crippen LogP contribution in [0.1, 0.15) is 69.9 Å². The fraction of sp³-hybridized carbons (Fsp3) is 0.441. The van der Waals surface area contributed by atoms with Gasteiger partial charge in [0.25, 0.3) is 11.8 Å². The van der Waals surface area contributed by atoms with Gasteiger partial charge in [-0.2, -0.15) is 10.5 Å². The normalized spacial score (nSPS) is 30.3. The molecule has 14 heterocycles. The summed E-state index contributed by atoms with van der Waals surface area (Å²) < 4.78 is 173. The van der Waals surface area contributed by atoms with Crippen molar-refractivity contribution in [1.82, 2.24) is 78.1 Å². The number of nitrogens with one attached hydrogen (secondary N) is 2. The van der Waals surface area contributed by atoms with E-state index in [2.05, 4.69) is 80.1 Å². The zero-order chi connectivity index (χ0) is 83.1. The maximum atomic E-state index is 16.9. The van der Waals surface area contributed by atoms with Crippen LogP contribution in [0.4, 0.5) is 29.2 Å².